The highest BCUT2D eigenvalue weighted by Gasteiger charge is 2.38. The molecule has 0 aromatic heterocycles. The Bertz CT molecular complexity index is 678. The first-order valence-electron chi connectivity index (χ1n) is 10.3. The lowest BCUT2D eigenvalue weighted by Crippen LogP contribution is -2.63. The van der Waals surface area contributed by atoms with Gasteiger partial charge in [0.1, 0.15) is 0 Å². The van der Waals surface area contributed by atoms with Gasteiger partial charge in [0, 0.05) is 41.8 Å². The van der Waals surface area contributed by atoms with Gasteiger partial charge < -0.3 is 20.9 Å². The van der Waals surface area contributed by atoms with Crippen LogP contribution in [-0.4, -0.2) is 53.1 Å². The molecule has 28 heavy (non-hydrogen) atoms. The van der Waals surface area contributed by atoms with E-state index in [0.29, 0.717) is 18.7 Å². The fraction of sp³-hybridized carbons (Fsp3) is 0.636. The first-order valence-corrected chi connectivity index (χ1v) is 10.3. The molecule has 6 heteroatoms. The molecular formula is C22H34N4O2. The second kappa shape index (κ2) is 8.11. The largest absolute Gasteiger partial charge is 0.349 e. The topological polar surface area (TPSA) is 73.5 Å². The van der Waals surface area contributed by atoms with E-state index in [9.17, 15) is 9.59 Å². The van der Waals surface area contributed by atoms with Crippen molar-refractivity contribution in [2.75, 3.05) is 13.1 Å². The highest BCUT2D eigenvalue weighted by Crippen LogP contribution is 2.28. The zero-order chi connectivity index (χ0) is 20.4. The SMILES string of the molecule is CC1(C)CC(NC(=O)N2CCC(NC(=O)c3ccccc3)CC2)CC(C)(C)N1. The van der Waals surface area contributed by atoms with E-state index < -0.39 is 0 Å². The molecule has 3 N–H and O–H groups in total. The molecular weight excluding hydrogens is 352 g/mol. The van der Waals surface area contributed by atoms with Crippen molar-refractivity contribution in [3.05, 3.63) is 35.9 Å². The number of benzene rings is 1. The minimum atomic E-state index is -0.0392. The smallest absolute Gasteiger partial charge is 0.317 e. The Balaban J connectivity index is 1.47. The van der Waals surface area contributed by atoms with Crippen molar-refractivity contribution in [1.82, 2.24) is 20.9 Å². The van der Waals surface area contributed by atoms with Gasteiger partial charge >= 0.3 is 6.03 Å². The van der Waals surface area contributed by atoms with Crippen molar-refractivity contribution >= 4 is 11.9 Å². The number of carbonyl (C=O) groups excluding carboxylic acids is 2. The number of carbonyl (C=O) groups is 2. The lowest BCUT2D eigenvalue weighted by Gasteiger charge is -2.47. The summed E-state index contributed by atoms with van der Waals surface area (Å²) >= 11 is 0. The fourth-order valence-corrected chi connectivity index (χ4v) is 4.78. The summed E-state index contributed by atoms with van der Waals surface area (Å²) in [5.41, 5.74) is 0.696. The van der Waals surface area contributed by atoms with Crippen LogP contribution in [0.3, 0.4) is 0 Å². The number of rotatable bonds is 3. The molecule has 2 fully saturated rings. The first-order chi connectivity index (χ1) is 13.1. The van der Waals surface area contributed by atoms with Crippen LogP contribution in [0, 0.1) is 0 Å². The third-order valence-corrected chi connectivity index (χ3v) is 5.67. The number of amides is 3. The Labute approximate surface area is 168 Å². The standard InChI is InChI=1S/C22H34N4O2/c1-21(2)14-18(15-22(3,4)25-21)24-20(28)26-12-10-17(11-13-26)23-19(27)16-8-6-5-7-9-16/h5-9,17-18,25H,10-15H2,1-4H3,(H,23,27)(H,24,28). The Morgan fingerprint density at radius 3 is 2.07 bits per heavy atom. The van der Waals surface area contributed by atoms with Gasteiger partial charge in [0.05, 0.1) is 0 Å². The molecule has 0 spiro atoms. The van der Waals surface area contributed by atoms with Gasteiger partial charge in [-0.3, -0.25) is 4.79 Å². The lowest BCUT2D eigenvalue weighted by molar-refractivity contribution is 0.0916. The summed E-state index contributed by atoms with van der Waals surface area (Å²) in [6, 6.07) is 9.59. The molecule has 0 bridgehead atoms. The molecule has 154 valence electrons. The van der Waals surface area contributed by atoms with E-state index in [1.807, 2.05) is 35.2 Å². The zero-order valence-corrected chi connectivity index (χ0v) is 17.5. The quantitative estimate of drug-likeness (QED) is 0.748. The third kappa shape index (κ3) is 5.47. The number of nitrogens with zero attached hydrogens (tertiary/aromatic N) is 1. The molecule has 0 aliphatic carbocycles. The van der Waals surface area contributed by atoms with Crippen molar-refractivity contribution in [2.45, 2.75) is 76.5 Å². The second-order valence-corrected chi connectivity index (χ2v) is 9.55. The van der Waals surface area contributed by atoms with Gasteiger partial charge in [0.25, 0.3) is 5.91 Å². The monoisotopic (exact) mass is 386 g/mol. The minimum absolute atomic E-state index is 0.00834. The van der Waals surface area contributed by atoms with Crippen LogP contribution in [0.2, 0.25) is 0 Å². The van der Waals surface area contributed by atoms with E-state index in [-0.39, 0.29) is 35.1 Å². The number of nitrogens with one attached hydrogen (secondary N) is 3. The summed E-state index contributed by atoms with van der Waals surface area (Å²) in [6.45, 7) is 10.1. The van der Waals surface area contributed by atoms with Crippen LogP contribution in [0.5, 0.6) is 0 Å². The van der Waals surface area contributed by atoms with E-state index in [1.54, 1.807) is 0 Å². The summed E-state index contributed by atoms with van der Waals surface area (Å²) in [5.74, 6) is -0.0392. The number of hydrogen-bond acceptors (Lipinski definition) is 3. The summed E-state index contributed by atoms with van der Waals surface area (Å²) in [6.07, 6.45) is 3.42. The summed E-state index contributed by atoms with van der Waals surface area (Å²) in [7, 11) is 0. The Morgan fingerprint density at radius 1 is 0.929 bits per heavy atom. The Hall–Kier alpha value is -2.08. The molecule has 3 amide bonds. The maximum absolute atomic E-state index is 12.7. The average Bonchev–Trinajstić information content (AvgIpc) is 2.60. The van der Waals surface area contributed by atoms with Gasteiger partial charge in [-0.05, 0) is 65.5 Å². The molecule has 2 aliphatic heterocycles. The second-order valence-electron chi connectivity index (χ2n) is 9.55. The van der Waals surface area contributed by atoms with Crippen molar-refractivity contribution in [3.63, 3.8) is 0 Å². The number of piperidine rings is 2. The minimum Gasteiger partial charge on any atom is -0.349 e. The van der Waals surface area contributed by atoms with Gasteiger partial charge in [-0.2, -0.15) is 0 Å². The van der Waals surface area contributed by atoms with Crippen LogP contribution >= 0.6 is 0 Å². The van der Waals surface area contributed by atoms with E-state index in [4.69, 9.17) is 0 Å². The van der Waals surface area contributed by atoms with Gasteiger partial charge in [-0.15, -0.1) is 0 Å². The maximum atomic E-state index is 12.7. The van der Waals surface area contributed by atoms with Crippen molar-refractivity contribution in [2.24, 2.45) is 0 Å². The molecule has 2 heterocycles. The Kier molecular flexibility index (Phi) is 5.98. The van der Waals surface area contributed by atoms with E-state index >= 15 is 0 Å². The van der Waals surface area contributed by atoms with Crippen molar-refractivity contribution < 1.29 is 9.59 Å². The zero-order valence-electron chi connectivity index (χ0n) is 17.5. The number of hydrogen-bond donors (Lipinski definition) is 3. The van der Waals surface area contributed by atoms with Crippen LogP contribution in [0.1, 0.15) is 63.7 Å². The molecule has 2 aliphatic rings. The van der Waals surface area contributed by atoms with Gasteiger partial charge in [0.15, 0.2) is 0 Å². The Morgan fingerprint density at radius 2 is 1.50 bits per heavy atom. The van der Waals surface area contributed by atoms with Crippen LogP contribution in [0.25, 0.3) is 0 Å². The molecule has 0 unspecified atom stereocenters. The third-order valence-electron chi connectivity index (χ3n) is 5.67. The summed E-state index contributed by atoms with van der Waals surface area (Å²) in [5, 5.41) is 9.98. The summed E-state index contributed by atoms with van der Waals surface area (Å²) in [4.78, 5) is 26.9. The molecule has 1 aromatic rings. The maximum Gasteiger partial charge on any atom is 0.317 e. The van der Waals surface area contributed by atoms with Gasteiger partial charge in [-0.1, -0.05) is 18.2 Å². The summed E-state index contributed by atoms with van der Waals surface area (Å²) < 4.78 is 0. The molecule has 0 saturated carbocycles. The fourth-order valence-electron chi connectivity index (χ4n) is 4.78. The van der Waals surface area contributed by atoms with E-state index in [0.717, 1.165) is 25.7 Å². The van der Waals surface area contributed by atoms with Crippen LogP contribution in [0.15, 0.2) is 30.3 Å². The number of urea groups is 1. The first kappa shape index (κ1) is 20.6. The molecule has 6 nitrogen and oxygen atoms in total. The van der Waals surface area contributed by atoms with E-state index in [2.05, 4.69) is 43.6 Å². The van der Waals surface area contributed by atoms with E-state index in [1.165, 1.54) is 0 Å². The average molecular weight is 387 g/mol. The van der Waals surface area contributed by atoms with Crippen LogP contribution in [0.4, 0.5) is 4.79 Å². The van der Waals surface area contributed by atoms with Gasteiger partial charge in [0.2, 0.25) is 0 Å². The molecule has 0 radical (unpaired) electrons. The highest BCUT2D eigenvalue weighted by atomic mass is 16.2. The lowest BCUT2D eigenvalue weighted by atomic mass is 9.79. The highest BCUT2D eigenvalue weighted by molar-refractivity contribution is 5.94. The van der Waals surface area contributed by atoms with Crippen molar-refractivity contribution in [1.29, 1.82) is 0 Å². The molecule has 1 aromatic carbocycles. The molecule has 3 rings (SSSR count). The van der Waals surface area contributed by atoms with Crippen LogP contribution in [-0.2, 0) is 0 Å². The molecule has 2 saturated heterocycles. The predicted octanol–water partition coefficient (Wildman–Crippen LogP) is 2.90. The van der Waals surface area contributed by atoms with Gasteiger partial charge in [-0.25, -0.2) is 4.79 Å². The normalized spacial score (nSPS) is 22.5. The van der Waals surface area contributed by atoms with Crippen molar-refractivity contribution in [3.8, 4) is 0 Å². The number of likely N-dealkylation sites (tertiary alicyclic amines) is 1. The molecule has 0 atom stereocenters. The predicted molar refractivity (Wildman–Crippen MR) is 111 cm³/mol. The van der Waals surface area contributed by atoms with Crippen LogP contribution < -0.4 is 16.0 Å².